The number of nitrogens with zero attached hydrogens (tertiary/aromatic N) is 1. The summed E-state index contributed by atoms with van der Waals surface area (Å²) in [5.74, 6) is -0.433. The van der Waals surface area contributed by atoms with Crippen LogP contribution in [0.5, 0.6) is 17.2 Å². The summed E-state index contributed by atoms with van der Waals surface area (Å²) in [5, 5.41) is 21.0. The van der Waals surface area contributed by atoms with Crippen molar-refractivity contribution in [1.82, 2.24) is 5.32 Å². The van der Waals surface area contributed by atoms with Gasteiger partial charge in [-0.3, -0.25) is 14.9 Å². The number of aromatic hydroxyl groups is 1. The molecular weight excluding hydrogens is 359 g/mol. The number of halogens is 1. The maximum atomic E-state index is 12.7. The highest BCUT2D eigenvalue weighted by molar-refractivity contribution is 8.18. The largest absolute Gasteiger partial charge is 0.504 e. The summed E-state index contributed by atoms with van der Waals surface area (Å²) in [5.41, 5.74) is 0.987. The molecule has 130 valence electrons. The quantitative estimate of drug-likeness (QED) is 0.793. The molecule has 1 aliphatic rings. The molecule has 6 nitrogen and oxygen atoms in total. The molecule has 0 bridgehead atoms. The number of nitriles is 1. The van der Waals surface area contributed by atoms with E-state index < -0.39 is 17.8 Å². The summed E-state index contributed by atoms with van der Waals surface area (Å²) in [6.45, 7) is -0.697. The second kappa shape index (κ2) is 7.29. The Kier molecular flexibility index (Phi) is 4.91. The Morgan fingerprint density at radius 3 is 2.62 bits per heavy atom. The predicted molar refractivity (Wildman–Crippen MR) is 93.3 cm³/mol. The fourth-order valence-corrected chi connectivity index (χ4v) is 2.92. The zero-order valence-electron chi connectivity index (χ0n) is 13.2. The van der Waals surface area contributed by atoms with E-state index in [0.717, 1.165) is 11.8 Å². The molecular formula is C18H11FN2O4S. The molecule has 26 heavy (non-hydrogen) atoms. The first-order chi connectivity index (χ1) is 12.5. The van der Waals surface area contributed by atoms with Gasteiger partial charge in [-0.25, -0.2) is 4.39 Å². The number of benzene rings is 2. The van der Waals surface area contributed by atoms with Crippen molar-refractivity contribution in [3.05, 3.63) is 58.0 Å². The molecule has 0 radical (unpaired) electrons. The van der Waals surface area contributed by atoms with Crippen LogP contribution in [0.4, 0.5) is 9.18 Å². The molecule has 1 fully saturated rings. The molecule has 8 heteroatoms. The number of nitrogens with one attached hydrogen (secondary N) is 1. The van der Waals surface area contributed by atoms with Gasteiger partial charge in [0.25, 0.3) is 11.1 Å². The number of carbonyl (C=O) groups is 2. The van der Waals surface area contributed by atoms with Crippen molar-refractivity contribution in [2.45, 2.75) is 6.67 Å². The molecule has 0 unspecified atom stereocenters. The third-order valence-electron chi connectivity index (χ3n) is 3.46. The number of phenols is 1. The molecule has 2 aromatic carbocycles. The van der Waals surface area contributed by atoms with E-state index in [1.54, 1.807) is 6.07 Å². The molecule has 0 aromatic heterocycles. The highest BCUT2D eigenvalue weighted by Crippen LogP contribution is 2.34. The molecule has 1 heterocycles. The lowest BCUT2D eigenvalue weighted by Crippen LogP contribution is -2.17. The molecule has 3 rings (SSSR count). The van der Waals surface area contributed by atoms with Crippen LogP contribution >= 0.6 is 11.8 Å². The van der Waals surface area contributed by atoms with Gasteiger partial charge >= 0.3 is 0 Å². The van der Waals surface area contributed by atoms with Crippen LogP contribution in [0.15, 0.2) is 41.3 Å². The molecule has 0 saturated carbocycles. The van der Waals surface area contributed by atoms with E-state index in [-0.39, 0.29) is 27.7 Å². The maximum absolute atomic E-state index is 12.7. The fourth-order valence-electron chi connectivity index (χ4n) is 2.24. The van der Waals surface area contributed by atoms with Crippen molar-refractivity contribution >= 4 is 29.0 Å². The van der Waals surface area contributed by atoms with Crippen LogP contribution in [-0.2, 0) is 11.5 Å². The Morgan fingerprint density at radius 1 is 1.23 bits per heavy atom. The van der Waals surface area contributed by atoms with Gasteiger partial charge in [0.05, 0.1) is 10.5 Å². The minimum atomic E-state index is -0.697. The Bertz CT molecular complexity index is 982. The molecule has 0 atom stereocenters. The first kappa shape index (κ1) is 17.5. The average Bonchev–Trinajstić information content (AvgIpc) is 2.94. The highest BCUT2D eigenvalue weighted by atomic mass is 32.2. The summed E-state index contributed by atoms with van der Waals surface area (Å²) in [4.78, 5) is 22.9. The normalized spacial score (nSPS) is 15.0. The fraction of sp³-hybridized carbons (Fsp3) is 0.0556. The number of rotatable bonds is 4. The average molecular weight is 370 g/mol. The van der Waals surface area contributed by atoms with Crippen LogP contribution in [0, 0.1) is 11.3 Å². The lowest BCUT2D eigenvalue weighted by Gasteiger charge is -2.10. The lowest BCUT2D eigenvalue weighted by molar-refractivity contribution is -0.115. The third kappa shape index (κ3) is 3.68. The third-order valence-corrected chi connectivity index (χ3v) is 4.27. The van der Waals surface area contributed by atoms with E-state index in [0.29, 0.717) is 11.1 Å². The van der Waals surface area contributed by atoms with E-state index in [1.165, 1.54) is 36.4 Å². The second-order valence-electron chi connectivity index (χ2n) is 5.26. The predicted octanol–water partition coefficient (Wildman–Crippen LogP) is 3.85. The smallest absolute Gasteiger partial charge is 0.290 e. The zero-order valence-corrected chi connectivity index (χ0v) is 14.0. The minimum absolute atomic E-state index is 0.0938. The number of hydrogen-bond donors (Lipinski definition) is 2. The lowest BCUT2D eigenvalue weighted by atomic mass is 10.1. The standard InChI is InChI=1S/C18H11FN2O4S/c19-8-11-2-3-14(12(5-11)9-20)25-15-4-1-10(6-13(15)22)7-16-17(23)21-18(24)26-16/h1-7,22H,8H2,(H,21,23,24)/b16-7-. The summed E-state index contributed by atoms with van der Waals surface area (Å²) in [6, 6.07) is 10.6. The Labute approximate surface area is 151 Å². The number of thioether (sulfide) groups is 1. The monoisotopic (exact) mass is 370 g/mol. The van der Waals surface area contributed by atoms with E-state index in [1.807, 2.05) is 6.07 Å². The Morgan fingerprint density at radius 2 is 2.00 bits per heavy atom. The van der Waals surface area contributed by atoms with Gasteiger partial charge in [0, 0.05) is 0 Å². The van der Waals surface area contributed by atoms with Gasteiger partial charge in [-0.1, -0.05) is 12.1 Å². The highest BCUT2D eigenvalue weighted by Gasteiger charge is 2.25. The number of carbonyl (C=O) groups excluding carboxylic acids is 2. The van der Waals surface area contributed by atoms with Crippen molar-refractivity contribution in [3.63, 3.8) is 0 Å². The van der Waals surface area contributed by atoms with Crippen LogP contribution in [-0.4, -0.2) is 16.3 Å². The summed E-state index contributed by atoms with van der Waals surface area (Å²) in [6.07, 6.45) is 1.46. The summed E-state index contributed by atoms with van der Waals surface area (Å²) >= 11 is 0.772. The van der Waals surface area contributed by atoms with Gasteiger partial charge in [-0.2, -0.15) is 5.26 Å². The van der Waals surface area contributed by atoms with Crippen molar-refractivity contribution in [2.24, 2.45) is 0 Å². The van der Waals surface area contributed by atoms with E-state index in [2.05, 4.69) is 5.32 Å². The number of imide groups is 1. The zero-order chi connectivity index (χ0) is 18.7. The molecule has 1 aliphatic heterocycles. The number of alkyl halides is 1. The number of hydrogen-bond acceptors (Lipinski definition) is 6. The molecule has 1 saturated heterocycles. The first-order valence-corrected chi connectivity index (χ1v) is 8.16. The SMILES string of the molecule is N#Cc1cc(CF)ccc1Oc1ccc(/C=C2\SC(=O)NC2=O)cc1O. The molecule has 0 spiro atoms. The number of amides is 2. The van der Waals surface area contributed by atoms with Gasteiger partial charge in [0.1, 0.15) is 18.5 Å². The van der Waals surface area contributed by atoms with Crippen LogP contribution in [0.2, 0.25) is 0 Å². The molecule has 2 aromatic rings. The van der Waals surface area contributed by atoms with Gasteiger partial charge in [-0.15, -0.1) is 0 Å². The Balaban J connectivity index is 1.85. The van der Waals surface area contributed by atoms with Gasteiger partial charge < -0.3 is 9.84 Å². The maximum Gasteiger partial charge on any atom is 0.290 e. The van der Waals surface area contributed by atoms with Gasteiger partial charge in [-0.05, 0) is 53.2 Å². The minimum Gasteiger partial charge on any atom is -0.504 e. The molecule has 2 N–H and O–H groups in total. The summed E-state index contributed by atoms with van der Waals surface area (Å²) < 4.78 is 18.2. The van der Waals surface area contributed by atoms with Crippen molar-refractivity contribution in [2.75, 3.05) is 0 Å². The van der Waals surface area contributed by atoms with Crippen LogP contribution in [0.25, 0.3) is 6.08 Å². The Hall–Kier alpha value is -3.31. The van der Waals surface area contributed by atoms with Crippen molar-refractivity contribution in [3.8, 4) is 23.3 Å². The summed E-state index contributed by atoms with van der Waals surface area (Å²) in [7, 11) is 0. The molecule has 0 aliphatic carbocycles. The number of phenolic OH excluding ortho intramolecular Hbond substituents is 1. The second-order valence-corrected chi connectivity index (χ2v) is 6.27. The molecule has 2 amide bonds. The van der Waals surface area contributed by atoms with Gasteiger partial charge in [0.2, 0.25) is 0 Å². The van der Waals surface area contributed by atoms with E-state index in [9.17, 15) is 19.1 Å². The van der Waals surface area contributed by atoms with Crippen LogP contribution < -0.4 is 10.1 Å². The topological polar surface area (TPSA) is 99.4 Å². The van der Waals surface area contributed by atoms with Crippen LogP contribution in [0.1, 0.15) is 16.7 Å². The van der Waals surface area contributed by atoms with Crippen LogP contribution in [0.3, 0.4) is 0 Å². The van der Waals surface area contributed by atoms with E-state index >= 15 is 0 Å². The van der Waals surface area contributed by atoms with E-state index in [4.69, 9.17) is 10.00 Å². The number of ether oxygens (including phenoxy) is 1. The first-order valence-electron chi connectivity index (χ1n) is 7.35. The van der Waals surface area contributed by atoms with Gasteiger partial charge in [0.15, 0.2) is 11.5 Å². The van der Waals surface area contributed by atoms with Crippen molar-refractivity contribution in [1.29, 1.82) is 5.26 Å². The van der Waals surface area contributed by atoms with Crippen molar-refractivity contribution < 1.29 is 23.8 Å².